The fraction of sp³-hybridized carbons (Fsp3) is 0.694. The first-order valence-electron chi connectivity index (χ1n) is 29.1. The molecular weight excluding hydrogens is 952 g/mol. The molecule has 12 heteroatoms. The highest BCUT2D eigenvalue weighted by atomic mass is 31.2. The van der Waals surface area contributed by atoms with Crippen molar-refractivity contribution in [3.05, 3.63) is 97.2 Å². The zero-order valence-corrected chi connectivity index (χ0v) is 47.7. The average Bonchev–Trinajstić information content (AvgIpc) is 3.39. The van der Waals surface area contributed by atoms with Crippen LogP contribution in [0.1, 0.15) is 239 Å². The minimum atomic E-state index is -4.76. The van der Waals surface area contributed by atoms with E-state index in [4.69, 9.17) is 23.3 Å². The first kappa shape index (κ1) is 70.4. The lowest BCUT2D eigenvalue weighted by atomic mass is 10.1. The molecule has 11 nitrogen and oxygen atoms in total. The summed E-state index contributed by atoms with van der Waals surface area (Å²) in [5, 5.41) is 9.81. The van der Waals surface area contributed by atoms with Crippen LogP contribution in [0.4, 0.5) is 0 Å². The quantitative estimate of drug-likeness (QED) is 0.0197. The normalized spacial score (nSPS) is 14.1. The number of carbonyl (C=O) groups is 3. The maximum atomic E-state index is 12.9. The highest BCUT2D eigenvalue weighted by Crippen LogP contribution is 2.43. The summed E-state index contributed by atoms with van der Waals surface area (Å²) in [6, 6.07) is 0. The summed E-state index contributed by atoms with van der Waals surface area (Å²) in [5.74, 6) is -1.51. The van der Waals surface area contributed by atoms with Crippen LogP contribution < -0.4 is 0 Å². The Morgan fingerprint density at radius 3 is 1.09 bits per heavy atom. The highest BCUT2D eigenvalue weighted by Gasteiger charge is 2.28. The van der Waals surface area contributed by atoms with Gasteiger partial charge in [0.25, 0.3) is 0 Å². The van der Waals surface area contributed by atoms with Crippen molar-refractivity contribution in [2.24, 2.45) is 0 Å². The molecule has 0 spiro atoms. The van der Waals surface area contributed by atoms with Crippen LogP contribution in [0.25, 0.3) is 0 Å². The van der Waals surface area contributed by atoms with Crippen molar-refractivity contribution < 1.29 is 52.2 Å². The molecule has 0 aromatic rings. The molecule has 0 radical (unpaired) electrons. The molecule has 0 aliphatic rings. The van der Waals surface area contributed by atoms with Crippen molar-refractivity contribution in [1.82, 2.24) is 0 Å². The number of phosphoric acid groups is 1. The van der Waals surface area contributed by atoms with Gasteiger partial charge in [-0.3, -0.25) is 23.4 Å². The largest absolute Gasteiger partial charge is 0.472 e. The molecule has 0 aliphatic carbocycles. The molecule has 0 aromatic heterocycles. The minimum absolute atomic E-state index is 0.145. The van der Waals surface area contributed by atoms with Gasteiger partial charge in [0.15, 0.2) is 6.10 Å². The molecule has 0 rings (SSSR count). The highest BCUT2D eigenvalue weighted by molar-refractivity contribution is 7.47. The van der Waals surface area contributed by atoms with E-state index >= 15 is 0 Å². The minimum Gasteiger partial charge on any atom is -0.462 e. The van der Waals surface area contributed by atoms with Crippen LogP contribution in [-0.4, -0.2) is 66.5 Å². The number of carbonyl (C=O) groups excluding carboxylic acids is 3. The molecule has 3 unspecified atom stereocenters. The average molecular weight is 1060 g/mol. The summed E-state index contributed by atoms with van der Waals surface area (Å²) in [6.45, 7) is 4.36. The van der Waals surface area contributed by atoms with E-state index in [2.05, 4.69) is 118 Å². The summed E-state index contributed by atoms with van der Waals surface area (Å²) >= 11 is 0. The number of unbranched alkanes of at least 4 members (excludes halogenated alkanes) is 20. The number of rotatable bonds is 53. The zero-order chi connectivity index (χ0) is 54.1. The van der Waals surface area contributed by atoms with E-state index in [9.17, 15) is 28.9 Å². The summed E-state index contributed by atoms with van der Waals surface area (Å²) in [6.07, 6.45) is 65.0. The van der Waals surface area contributed by atoms with Gasteiger partial charge in [0.2, 0.25) is 0 Å². The molecule has 0 aromatic carbocycles. The molecule has 424 valence electrons. The molecular formula is C62H105O11P. The van der Waals surface area contributed by atoms with Gasteiger partial charge in [0.1, 0.15) is 12.7 Å². The van der Waals surface area contributed by atoms with Crippen molar-refractivity contribution >= 4 is 25.7 Å². The lowest BCUT2D eigenvalue weighted by Gasteiger charge is -2.21. The SMILES string of the molecule is CC/C=C\C/C=C\C/C=C\C/C=C\CCCCCCCCC(=O)OC(COC(=O)CCCCCCC/C=C\CCCCCC)COP(=O)(O)OCC(CO)OC(=O)CCCCCCC/C=C\C/C=C\C/C=C\CC. The number of esters is 3. The maximum Gasteiger partial charge on any atom is 0.472 e. The standard InChI is InChI=1S/C62H105O11P/c1-4-7-10-13-16-19-22-25-27-28-29-30-32-35-38-41-44-47-50-53-62(66)73-59(55-69-60(64)51-48-45-42-39-36-33-24-21-18-15-12-9-6-3)57-71-74(67,68)70-56-58(54-63)72-61(65)52-49-46-43-40-37-34-31-26-23-20-17-14-11-8-5-2/h7-8,10-11,16-17,19-21,24-27,29-31,58-59,63H,4-6,9,12-15,18,22-23,28,32-57H2,1-3H3,(H,67,68)/b10-7-,11-8-,19-16-,20-17-,24-21-,27-25-,30-29-,31-26-. The first-order valence-corrected chi connectivity index (χ1v) is 30.6. The summed E-state index contributed by atoms with van der Waals surface area (Å²) in [7, 11) is -4.76. The molecule has 0 bridgehead atoms. The van der Waals surface area contributed by atoms with E-state index in [-0.39, 0.29) is 25.9 Å². The Labute approximate surface area is 451 Å². The predicted molar refractivity (Wildman–Crippen MR) is 307 cm³/mol. The number of allylic oxidation sites excluding steroid dienone is 16. The lowest BCUT2D eigenvalue weighted by molar-refractivity contribution is -0.161. The number of hydrogen-bond donors (Lipinski definition) is 2. The second-order valence-corrected chi connectivity index (χ2v) is 20.5. The Kier molecular flexibility index (Phi) is 52.9. The molecule has 0 amide bonds. The molecule has 0 heterocycles. The van der Waals surface area contributed by atoms with Crippen molar-refractivity contribution in [3.63, 3.8) is 0 Å². The summed E-state index contributed by atoms with van der Waals surface area (Å²) in [4.78, 5) is 48.6. The van der Waals surface area contributed by atoms with Gasteiger partial charge in [-0.1, -0.05) is 201 Å². The molecule has 0 fully saturated rings. The van der Waals surface area contributed by atoms with Gasteiger partial charge in [0.05, 0.1) is 19.8 Å². The second-order valence-electron chi connectivity index (χ2n) is 19.0. The van der Waals surface area contributed by atoms with Crippen molar-refractivity contribution in [2.45, 2.75) is 251 Å². The van der Waals surface area contributed by atoms with Crippen LogP contribution in [0.15, 0.2) is 97.2 Å². The van der Waals surface area contributed by atoms with Gasteiger partial charge in [-0.2, -0.15) is 0 Å². The Morgan fingerprint density at radius 2 is 0.703 bits per heavy atom. The van der Waals surface area contributed by atoms with E-state index in [1.165, 1.54) is 25.7 Å². The molecule has 0 aliphatic heterocycles. The number of aliphatic hydroxyl groups excluding tert-OH is 1. The van der Waals surface area contributed by atoms with Crippen molar-refractivity contribution in [2.75, 3.05) is 26.4 Å². The Balaban J connectivity index is 4.77. The third-order valence-corrected chi connectivity index (χ3v) is 12.9. The van der Waals surface area contributed by atoms with Gasteiger partial charge < -0.3 is 24.2 Å². The molecule has 3 atom stereocenters. The number of aliphatic hydroxyl groups is 1. The van der Waals surface area contributed by atoms with Crippen LogP contribution in [-0.2, 0) is 42.2 Å². The number of hydrogen-bond acceptors (Lipinski definition) is 10. The van der Waals surface area contributed by atoms with Crippen LogP contribution in [0.3, 0.4) is 0 Å². The Bertz CT molecular complexity index is 1610. The fourth-order valence-electron chi connectivity index (χ4n) is 7.59. The van der Waals surface area contributed by atoms with E-state index < -0.39 is 57.8 Å². The monoisotopic (exact) mass is 1060 g/mol. The Morgan fingerprint density at radius 1 is 0.392 bits per heavy atom. The summed E-state index contributed by atoms with van der Waals surface area (Å²) < 4.78 is 39.5. The van der Waals surface area contributed by atoms with Gasteiger partial charge in [-0.25, -0.2) is 4.57 Å². The van der Waals surface area contributed by atoms with E-state index in [0.717, 1.165) is 154 Å². The topological polar surface area (TPSA) is 155 Å². The number of ether oxygens (including phenoxy) is 3. The van der Waals surface area contributed by atoms with E-state index in [1.807, 2.05) is 0 Å². The van der Waals surface area contributed by atoms with Gasteiger partial charge >= 0.3 is 25.7 Å². The van der Waals surface area contributed by atoms with Crippen molar-refractivity contribution in [3.8, 4) is 0 Å². The smallest absolute Gasteiger partial charge is 0.462 e. The van der Waals surface area contributed by atoms with Gasteiger partial charge in [0, 0.05) is 19.3 Å². The first-order chi connectivity index (χ1) is 36.2. The maximum absolute atomic E-state index is 12.9. The second kappa shape index (κ2) is 55.6. The summed E-state index contributed by atoms with van der Waals surface area (Å²) in [5.41, 5.74) is 0. The third kappa shape index (κ3) is 53.2. The van der Waals surface area contributed by atoms with E-state index in [1.54, 1.807) is 0 Å². The molecule has 74 heavy (non-hydrogen) atoms. The number of phosphoric ester groups is 1. The fourth-order valence-corrected chi connectivity index (χ4v) is 8.37. The molecule has 0 saturated heterocycles. The third-order valence-electron chi connectivity index (χ3n) is 12.0. The van der Waals surface area contributed by atoms with Crippen LogP contribution >= 0.6 is 7.82 Å². The van der Waals surface area contributed by atoms with Crippen LogP contribution in [0, 0.1) is 0 Å². The van der Waals surface area contributed by atoms with Crippen molar-refractivity contribution in [1.29, 1.82) is 0 Å². The van der Waals surface area contributed by atoms with Gasteiger partial charge in [-0.05, 0) is 116 Å². The Hall–Kier alpha value is -3.60. The van der Waals surface area contributed by atoms with Crippen LogP contribution in [0.2, 0.25) is 0 Å². The van der Waals surface area contributed by atoms with Crippen LogP contribution in [0.5, 0.6) is 0 Å². The molecule has 2 N–H and O–H groups in total. The molecule has 0 saturated carbocycles. The van der Waals surface area contributed by atoms with Gasteiger partial charge in [-0.15, -0.1) is 0 Å². The predicted octanol–water partition coefficient (Wildman–Crippen LogP) is 17.3. The van der Waals surface area contributed by atoms with E-state index in [0.29, 0.717) is 19.3 Å². The lowest BCUT2D eigenvalue weighted by Crippen LogP contribution is -2.30. The zero-order valence-electron chi connectivity index (χ0n) is 46.8.